The number of alkyl halides is 1. The van der Waals surface area contributed by atoms with E-state index in [4.69, 9.17) is 11.6 Å². The smallest absolute Gasteiger partial charge is 0.131 e. The van der Waals surface area contributed by atoms with Crippen molar-refractivity contribution in [3.63, 3.8) is 0 Å². The first kappa shape index (κ1) is 14.0. The van der Waals surface area contributed by atoms with Gasteiger partial charge in [0.25, 0.3) is 0 Å². The monoisotopic (exact) mass is 299 g/mol. The lowest BCUT2D eigenvalue weighted by Crippen LogP contribution is -2.00. The van der Waals surface area contributed by atoms with Crippen molar-refractivity contribution in [3.05, 3.63) is 77.4 Å². The molecule has 21 heavy (non-hydrogen) atoms. The SMILES string of the molecule is Cc1ccc(CC(Cl)c2ccc(F)c3ccccc23)nc1. The van der Waals surface area contributed by atoms with Gasteiger partial charge < -0.3 is 0 Å². The van der Waals surface area contributed by atoms with Gasteiger partial charge in [0, 0.05) is 23.7 Å². The van der Waals surface area contributed by atoms with Crippen molar-refractivity contribution >= 4 is 22.4 Å². The number of hydrogen-bond donors (Lipinski definition) is 0. The van der Waals surface area contributed by atoms with Gasteiger partial charge in [-0.15, -0.1) is 11.6 Å². The van der Waals surface area contributed by atoms with Crippen molar-refractivity contribution in [1.29, 1.82) is 0 Å². The lowest BCUT2D eigenvalue weighted by Gasteiger charge is -2.13. The molecule has 1 atom stereocenters. The highest BCUT2D eigenvalue weighted by molar-refractivity contribution is 6.22. The molecule has 1 aromatic heterocycles. The van der Waals surface area contributed by atoms with Crippen LogP contribution >= 0.6 is 11.6 Å². The van der Waals surface area contributed by atoms with Gasteiger partial charge in [-0.05, 0) is 35.6 Å². The maximum absolute atomic E-state index is 13.8. The molecule has 0 amide bonds. The molecule has 0 aliphatic heterocycles. The zero-order valence-electron chi connectivity index (χ0n) is 11.7. The standard InChI is InChI=1S/C18H15ClFN/c1-12-6-7-13(21-11-12)10-17(19)15-8-9-18(20)16-5-3-2-4-14(15)16/h2-9,11,17H,10H2,1H3. The fraction of sp³-hybridized carbons (Fsp3) is 0.167. The van der Waals surface area contributed by atoms with Crippen LogP contribution in [0.1, 0.15) is 22.2 Å². The summed E-state index contributed by atoms with van der Waals surface area (Å²) in [7, 11) is 0. The minimum Gasteiger partial charge on any atom is -0.261 e. The number of aromatic nitrogens is 1. The van der Waals surface area contributed by atoms with E-state index in [1.807, 2.05) is 43.5 Å². The lowest BCUT2D eigenvalue weighted by atomic mass is 9.99. The molecular weight excluding hydrogens is 285 g/mol. The first-order valence-electron chi connectivity index (χ1n) is 6.88. The van der Waals surface area contributed by atoms with Crippen LogP contribution in [0.2, 0.25) is 0 Å². The fourth-order valence-electron chi connectivity index (χ4n) is 2.47. The van der Waals surface area contributed by atoms with E-state index in [0.29, 0.717) is 11.8 Å². The molecule has 0 saturated carbocycles. The van der Waals surface area contributed by atoms with E-state index in [2.05, 4.69) is 4.98 Å². The van der Waals surface area contributed by atoms with Crippen LogP contribution in [0, 0.1) is 12.7 Å². The van der Waals surface area contributed by atoms with Crippen LogP contribution in [0.5, 0.6) is 0 Å². The van der Waals surface area contributed by atoms with E-state index in [1.165, 1.54) is 6.07 Å². The van der Waals surface area contributed by atoms with Crippen LogP contribution in [0.4, 0.5) is 4.39 Å². The number of aryl methyl sites for hydroxylation is 1. The van der Waals surface area contributed by atoms with E-state index in [0.717, 1.165) is 22.2 Å². The Morgan fingerprint density at radius 3 is 2.52 bits per heavy atom. The van der Waals surface area contributed by atoms with Gasteiger partial charge in [-0.25, -0.2) is 4.39 Å². The molecule has 0 aliphatic carbocycles. The summed E-state index contributed by atoms with van der Waals surface area (Å²) >= 11 is 6.55. The van der Waals surface area contributed by atoms with Gasteiger partial charge >= 0.3 is 0 Å². The molecule has 1 heterocycles. The second-order valence-electron chi connectivity index (χ2n) is 5.18. The molecule has 1 nitrogen and oxygen atoms in total. The van der Waals surface area contributed by atoms with Crippen molar-refractivity contribution in [1.82, 2.24) is 4.98 Å². The van der Waals surface area contributed by atoms with E-state index in [-0.39, 0.29) is 11.2 Å². The third-order valence-corrected chi connectivity index (χ3v) is 3.99. The highest BCUT2D eigenvalue weighted by Crippen LogP contribution is 2.32. The Morgan fingerprint density at radius 1 is 1.05 bits per heavy atom. The molecule has 0 saturated heterocycles. The Balaban J connectivity index is 1.96. The Morgan fingerprint density at radius 2 is 1.81 bits per heavy atom. The zero-order chi connectivity index (χ0) is 14.8. The molecular formula is C18H15ClFN. The number of rotatable bonds is 3. The molecule has 0 radical (unpaired) electrons. The number of pyridine rings is 1. The molecule has 0 aliphatic rings. The Hall–Kier alpha value is -1.93. The summed E-state index contributed by atoms with van der Waals surface area (Å²) in [4.78, 5) is 4.38. The van der Waals surface area contributed by atoms with Crippen molar-refractivity contribution in [2.24, 2.45) is 0 Å². The predicted octanol–water partition coefficient (Wildman–Crippen LogP) is 5.20. The topological polar surface area (TPSA) is 12.9 Å². The van der Waals surface area contributed by atoms with Gasteiger partial charge in [-0.1, -0.05) is 36.4 Å². The molecule has 3 aromatic rings. The summed E-state index contributed by atoms with van der Waals surface area (Å²) in [6.07, 6.45) is 2.46. The maximum Gasteiger partial charge on any atom is 0.131 e. The third-order valence-electron chi connectivity index (χ3n) is 3.60. The Labute approximate surface area is 128 Å². The summed E-state index contributed by atoms with van der Waals surface area (Å²) in [5.74, 6) is -0.216. The van der Waals surface area contributed by atoms with Crippen molar-refractivity contribution in [2.75, 3.05) is 0 Å². The summed E-state index contributed by atoms with van der Waals surface area (Å²) in [5, 5.41) is 1.24. The molecule has 1 unspecified atom stereocenters. The van der Waals surface area contributed by atoms with Gasteiger partial charge in [0.1, 0.15) is 5.82 Å². The maximum atomic E-state index is 13.8. The minimum absolute atomic E-state index is 0.216. The molecule has 0 N–H and O–H groups in total. The molecule has 0 bridgehead atoms. The van der Waals surface area contributed by atoms with Gasteiger partial charge in [-0.2, -0.15) is 0 Å². The van der Waals surface area contributed by atoms with Gasteiger partial charge in [0.2, 0.25) is 0 Å². The number of halogens is 2. The van der Waals surface area contributed by atoms with Crippen molar-refractivity contribution in [2.45, 2.75) is 18.7 Å². The highest BCUT2D eigenvalue weighted by Gasteiger charge is 2.14. The van der Waals surface area contributed by atoms with Crippen molar-refractivity contribution in [3.8, 4) is 0 Å². The summed E-state index contributed by atoms with van der Waals surface area (Å²) < 4.78 is 13.8. The van der Waals surface area contributed by atoms with Gasteiger partial charge in [0.15, 0.2) is 0 Å². The van der Waals surface area contributed by atoms with E-state index in [1.54, 1.807) is 12.1 Å². The Bertz CT molecular complexity index is 768. The molecule has 2 aromatic carbocycles. The minimum atomic E-state index is -0.231. The quantitative estimate of drug-likeness (QED) is 0.605. The summed E-state index contributed by atoms with van der Waals surface area (Å²) in [6.45, 7) is 2.00. The number of hydrogen-bond acceptors (Lipinski definition) is 1. The van der Waals surface area contributed by atoms with Crippen LogP contribution in [-0.2, 0) is 6.42 Å². The van der Waals surface area contributed by atoms with Crippen LogP contribution in [0.15, 0.2) is 54.7 Å². The van der Waals surface area contributed by atoms with Gasteiger partial charge in [0.05, 0.1) is 5.38 Å². The summed E-state index contributed by atoms with van der Waals surface area (Å²) in [6, 6.07) is 14.7. The second kappa shape index (κ2) is 5.82. The number of benzene rings is 2. The number of fused-ring (bicyclic) bond motifs is 1. The summed E-state index contributed by atoms with van der Waals surface area (Å²) in [5.41, 5.74) is 3.00. The average Bonchev–Trinajstić information content (AvgIpc) is 2.50. The molecule has 3 heteroatoms. The number of nitrogens with zero attached hydrogens (tertiary/aromatic N) is 1. The van der Waals surface area contributed by atoms with Crippen LogP contribution < -0.4 is 0 Å². The first-order chi connectivity index (χ1) is 10.1. The highest BCUT2D eigenvalue weighted by atomic mass is 35.5. The Kier molecular flexibility index (Phi) is 3.89. The van der Waals surface area contributed by atoms with E-state index < -0.39 is 0 Å². The molecule has 0 fully saturated rings. The zero-order valence-corrected chi connectivity index (χ0v) is 12.4. The molecule has 3 rings (SSSR count). The third kappa shape index (κ3) is 2.91. The van der Waals surface area contributed by atoms with Gasteiger partial charge in [-0.3, -0.25) is 4.98 Å². The van der Waals surface area contributed by atoms with Crippen LogP contribution in [0.25, 0.3) is 10.8 Å². The van der Waals surface area contributed by atoms with Crippen LogP contribution in [0.3, 0.4) is 0 Å². The first-order valence-corrected chi connectivity index (χ1v) is 7.31. The van der Waals surface area contributed by atoms with E-state index >= 15 is 0 Å². The van der Waals surface area contributed by atoms with Crippen LogP contribution in [-0.4, -0.2) is 4.98 Å². The normalized spacial score (nSPS) is 12.5. The lowest BCUT2D eigenvalue weighted by molar-refractivity contribution is 0.639. The van der Waals surface area contributed by atoms with E-state index in [9.17, 15) is 4.39 Å². The molecule has 0 spiro atoms. The van der Waals surface area contributed by atoms with Crippen molar-refractivity contribution < 1.29 is 4.39 Å². The largest absolute Gasteiger partial charge is 0.261 e. The second-order valence-corrected chi connectivity index (χ2v) is 5.71. The molecule has 106 valence electrons. The predicted molar refractivity (Wildman–Crippen MR) is 85.2 cm³/mol. The average molecular weight is 300 g/mol. The fourth-order valence-corrected chi connectivity index (χ4v) is 2.82.